The van der Waals surface area contributed by atoms with Crippen molar-refractivity contribution >= 4 is 23.0 Å². The average molecular weight is 349 g/mol. The number of benzene rings is 2. The molecule has 0 heterocycles. The Morgan fingerprint density at radius 2 is 1.76 bits per heavy atom. The third-order valence-electron chi connectivity index (χ3n) is 3.15. The molecule has 0 aromatic heterocycles. The van der Waals surface area contributed by atoms with Crippen LogP contribution in [0.25, 0.3) is 0 Å². The molecule has 1 amide bonds. The third kappa shape index (κ3) is 4.25. The molecule has 0 aliphatic carbocycles. The van der Waals surface area contributed by atoms with Crippen LogP contribution in [0, 0.1) is 26.0 Å². The van der Waals surface area contributed by atoms with Crippen LogP contribution in [-0.2, 0) is 4.79 Å². The quantitative estimate of drug-likeness (QED) is 0.631. The van der Waals surface area contributed by atoms with Crippen molar-refractivity contribution in [3.8, 4) is 5.75 Å². The van der Waals surface area contributed by atoms with Gasteiger partial charge in [-0.05, 0) is 25.1 Å². The van der Waals surface area contributed by atoms with Crippen molar-refractivity contribution in [1.82, 2.24) is 0 Å². The fourth-order valence-corrected chi connectivity index (χ4v) is 1.93. The smallest absolute Gasteiger partial charge is 0.310 e. The van der Waals surface area contributed by atoms with Gasteiger partial charge in [-0.2, -0.15) is 4.39 Å². The molecular weight excluding hydrogens is 337 g/mol. The molecule has 2 rings (SSSR count). The number of anilines is 1. The molecule has 130 valence electrons. The Balaban J connectivity index is 2.13. The largest absolute Gasteiger partial charge is 0.474 e. The maximum absolute atomic E-state index is 13.3. The molecule has 0 unspecified atom stereocenters. The molecule has 0 bridgehead atoms. The number of carbonyl (C=O) groups excluding carboxylic acids is 1. The van der Waals surface area contributed by atoms with Gasteiger partial charge in [-0.1, -0.05) is 12.1 Å². The van der Waals surface area contributed by atoms with Gasteiger partial charge in [0.1, 0.15) is 0 Å². The number of carbonyl (C=O) groups is 1. The molecule has 0 aliphatic rings. The number of hydrogen-bond donors (Lipinski definition) is 1. The van der Waals surface area contributed by atoms with Crippen LogP contribution in [0.3, 0.4) is 0 Å². The number of nitro groups is 2. The lowest BCUT2D eigenvalue weighted by molar-refractivity contribution is -0.387. The van der Waals surface area contributed by atoms with E-state index in [2.05, 4.69) is 5.32 Å². The summed E-state index contributed by atoms with van der Waals surface area (Å²) in [6.45, 7) is 1.35. The fraction of sp³-hybridized carbons (Fsp3) is 0.133. The fourth-order valence-electron chi connectivity index (χ4n) is 1.93. The maximum atomic E-state index is 13.3. The van der Waals surface area contributed by atoms with Crippen molar-refractivity contribution in [2.75, 3.05) is 5.32 Å². The van der Waals surface area contributed by atoms with Crippen LogP contribution in [0.5, 0.6) is 5.75 Å². The number of halogens is 1. The van der Waals surface area contributed by atoms with Crippen molar-refractivity contribution in [2.24, 2.45) is 0 Å². The van der Waals surface area contributed by atoms with E-state index < -0.39 is 33.4 Å². The molecule has 10 heteroatoms. The molecule has 0 fully saturated rings. The molecule has 0 radical (unpaired) electrons. The van der Waals surface area contributed by atoms with E-state index >= 15 is 0 Å². The zero-order chi connectivity index (χ0) is 18.6. The highest BCUT2D eigenvalue weighted by molar-refractivity contribution is 5.94. The first-order valence-electron chi connectivity index (χ1n) is 6.94. The topological polar surface area (TPSA) is 125 Å². The number of nitro benzene ring substituents is 2. The first-order chi connectivity index (χ1) is 11.8. The van der Waals surface area contributed by atoms with Crippen LogP contribution in [0.2, 0.25) is 0 Å². The van der Waals surface area contributed by atoms with Gasteiger partial charge < -0.3 is 10.1 Å². The molecule has 0 saturated carbocycles. The molecular formula is C15H12FN3O6. The van der Waals surface area contributed by atoms with E-state index in [0.717, 1.165) is 18.2 Å². The van der Waals surface area contributed by atoms with Gasteiger partial charge >= 0.3 is 11.4 Å². The SMILES string of the molecule is C[C@@H](Oc1ccccc1[N+](=O)[O-])C(=O)Nc1ccc(F)c([N+](=O)[O-])c1. The summed E-state index contributed by atoms with van der Waals surface area (Å²) in [6.07, 6.45) is -1.13. The van der Waals surface area contributed by atoms with E-state index in [4.69, 9.17) is 4.74 Å². The van der Waals surface area contributed by atoms with Gasteiger partial charge in [0.15, 0.2) is 11.9 Å². The highest BCUT2D eigenvalue weighted by Crippen LogP contribution is 2.27. The van der Waals surface area contributed by atoms with Crippen molar-refractivity contribution in [3.05, 3.63) is 68.5 Å². The lowest BCUT2D eigenvalue weighted by Crippen LogP contribution is -2.30. The van der Waals surface area contributed by atoms with Crippen LogP contribution in [-0.4, -0.2) is 21.9 Å². The lowest BCUT2D eigenvalue weighted by atomic mass is 10.2. The number of ether oxygens (including phenoxy) is 1. The Bertz CT molecular complexity index is 842. The molecule has 2 aromatic rings. The second kappa shape index (κ2) is 7.34. The number of amides is 1. The highest BCUT2D eigenvalue weighted by Gasteiger charge is 2.22. The van der Waals surface area contributed by atoms with Crippen LogP contribution < -0.4 is 10.1 Å². The normalized spacial score (nSPS) is 11.4. The average Bonchev–Trinajstić information content (AvgIpc) is 2.56. The Hall–Kier alpha value is -3.56. The molecule has 25 heavy (non-hydrogen) atoms. The summed E-state index contributed by atoms with van der Waals surface area (Å²) in [5.41, 5.74) is -1.10. The number of para-hydroxylation sites is 2. The summed E-state index contributed by atoms with van der Waals surface area (Å²) in [5, 5.41) is 24.0. The van der Waals surface area contributed by atoms with Crippen LogP contribution in [0.1, 0.15) is 6.92 Å². The Morgan fingerprint density at radius 1 is 1.12 bits per heavy atom. The summed E-state index contributed by atoms with van der Waals surface area (Å²) in [5.74, 6) is -1.84. The summed E-state index contributed by atoms with van der Waals surface area (Å²) in [4.78, 5) is 32.2. The summed E-state index contributed by atoms with van der Waals surface area (Å²) < 4.78 is 18.6. The van der Waals surface area contributed by atoms with Crippen molar-refractivity contribution in [2.45, 2.75) is 13.0 Å². The summed E-state index contributed by atoms with van der Waals surface area (Å²) in [7, 11) is 0. The third-order valence-corrected chi connectivity index (χ3v) is 3.15. The lowest BCUT2D eigenvalue weighted by Gasteiger charge is -2.14. The summed E-state index contributed by atoms with van der Waals surface area (Å²) >= 11 is 0. The monoisotopic (exact) mass is 349 g/mol. The first kappa shape index (κ1) is 17.8. The second-order valence-corrected chi connectivity index (χ2v) is 4.90. The zero-order valence-corrected chi connectivity index (χ0v) is 12.8. The van der Waals surface area contributed by atoms with Gasteiger partial charge in [-0.3, -0.25) is 25.0 Å². The van der Waals surface area contributed by atoms with Gasteiger partial charge in [0.25, 0.3) is 5.91 Å². The number of nitrogens with zero attached hydrogens (tertiary/aromatic N) is 2. The molecule has 0 saturated heterocycles. The first-order valence-corrected chi connectivity index (χ1v) is 6.94. The minimum absolute atomic E-state index is 0.00360. The van der Waals surface area contributed by atoms with E-state index in [1.165, 1.54) is 31.2 Å². The highest BCUT2D eigenvalue weighted by atomic mass is 19.1. The maximum Gasteiger partial charge on any atom is 0.310 e. The molecule has 0 aliphatic heterocycles. The molecule has 9 nitrogen and oxygen atoms in total. The number of rotatable bonds is 6. The van der Waals surface area contributed by atoms with Crippen molar-refractivity contribution in [1.29, 1.82) is 0 Å². The van der Waals surface area contributed by atoms with E-state index in [1.54, 1.807) is 0 Å². The van der Waals surface area contributed by atoms with Crippen LogP contribution in [0.4, 0.5) is 21.5 Å². The predicted molar refractivity (Wildman–Crippen MR) is 84.9 cm³/mol. The molecule has 1 atom stereocenters. The van der Waals surface area contributed by atoms with Gasteiger partial charge in [0, 0.05) is 17.8 Å². The van der Waals surface area contributed by atoms with E-state index in [-0.39, 0.29) is 17.1 Å². The van der Waals surface area contributed by atoms with Gasteiger partial charge in [0.2, 0.25) is 5.82 Å². The number of hydrogen-bond acceptors (Lipinski definition) is 6. The van der Waals surface area contributed by atoms with Gasteiger partial charge in [-0.25, -0.2) is 0 Å². The van der Waals surface area contributed by atoms with Gasteiger partial charge in [0.05, 0.1) is 9.85 Å². The second-order valence-electron chi connectivity index (χ2n) is 4.90. The van der Waals surface area contributed by atoms with E-state index in [1.807, 2.05) is 0 Å². The van der Waals surface area contributed by atoms with Crippen molar-refractivity contribution < 1.29 is 23.8 Å². The van der Waals surface area contributed by atoms with Crippen LogP contribution in [0.15, 0.2) is 42.5 Å². The van der Waals surface area contributed by atoms with Gasteiger partial charge in [-0.15, -0.1) is 0 Å². The van der Waals surface area contributed by atoms with Crippen LogP contribution >= 0.6 is 0 Å². The molecule has 2 aromatic carbocycles. The molecule has 1 N–H and O–H groups in total. The standard InChI is InChI=1S/C15H12FN3O6/c1-9(25-14-5-3-2-4-12(14)18(21)22)15(20)17-10-6-7-11(16)13(8-10)19(23)24/h2-9H,1H3,(H,17,20)/t9-/m1/s1. The van der Waals surface area contributed by atoms with E-state index in [9.17, 15) is 29.4 Å². The Morgan fingerprint density at radius 3 is 2.40 bits per heavy atom. The molecule has 0 spiro atoms. The zero-order valence-electron chi connectivity index (χ0n) is 12.8. The van der Waals surface area contributed by atoms with E-state index in [0.29, 0.717) is 0 Å². The van der Waals surface area contributed by atoms with Crippen molar-refractivity contribution in [3.63, 3.8) is 0 Å². The minimum atomic E-state index is -1.13. The Kier molecular flexibility index (Phi) is 5.22. The Labute approximate surface area is 140 Å². The summed E-state index contributed by atoms with van der Waals surface area (Å²) in [6, 6.07) is 8.39. The predicted octanol–water partition coefficient (Wildman–Crippen LogP) is 3.05. The number of nitrogens with one attached hydrogen (secondary N) is 1. The minimum Gasteiger partial charge on any atom is -0.474 e.